The molecule has 3 aliphatic carbocycles. The van der Waals surface area contributed by atoms with Crippen LogP contribution in [0.4, 0.5) is 11.6 Å². The fourth-order valence-corrected chi connectivity index (χ4v) is 6.99. The van der Waals surface area contributed by atoms with E-state index in [2.05, 4.69) is 15.3 Å². The van der Waals surface area contributed by atoms with Gasteiger partial charge < -0.3 is 41.6 Å². The maximum absolute atomic E-state index is 14.1. The third kappa shape index (κ3) is 3.90. The number of carbonyl (C=O) groups excluding carboxylic acids is 3. The van der Waals surface area contributed by atoms with E-state index < -0.39 is 81.4 Å². The number of nitrogens with zero attached hydrogens (tertiary/aromatic N) is 2. The number of Topliss-reactive ketones (excluding diaryl/α,β-unsaturated/α-hetero) is 2. The fourth-order valence-electron chi connectivity index (χ4n) is 6.99. The van der Waals surface area contributed by atoms with Crippen LogP contribution >= 0.6 is 0 Å². The summed E-state index contributed by atoms with van der Waals surface area (Å²) < 4.78 is 0. The molecular weight excluding hydrogens is 570 g/mol. The molecule has 0 saturated heterocycles. The highest BCUT2D eigenvalue weighted by Crippen LogP contribution is 2.56. The highest BCUT2D eigenvalue weighted by Gasteiger charge is 2.68. The average Bonchev–Trinajstić information content (AvgIpc) is 3.45. The summed E-state index contributed by atoms with van der Waals surface area (Å²) in [7, 11) is 2.91. The summed E-state index contributed by atoms with van der Waals surface area (Å²) in [5.41, 5.74) is 2.95. The number of nitrogens with one attached hydrogen (secondary N) is 2. The van der Waals surface area contributed by atoms with E-state index in [1.807, 2.05) is 30.3 Å². The molecule has 1 amide bonds. The van der Waals surface area contributed by atoms with Gasteiger partial charge in [0.25, 0.3) is 5.91 Å². The van der Waals surface area contributed by atoms with Gasteiger partial charge in [0, 0.05) is 11.5 Å². The second-order valence-corrected chi connectivity index (χ2v) is 11.6. The number of primary amides is 1. The van der Waals surface area contributed by atoms with Crippen molar-refractivity contribution in [3.05, 3.63) is 76.7 Å². The molecule has 6 rings (SSSR count). The van der Waals surface area contributed by atoms with Crippen molar-refractivity contribution in [3.8, 4) is 17.0 Å². The van der Waals surface area contributed by atoms with Crippen LogP contribution in [0.2, 0.25) is 0 Å². The summed E-state index contributed by atoms with van der Waals surface area (Å²) in [6, 6.07) is 11.2. The maximum atomic E-state index is 14.1. The first-order valence-corrected chi connectivity index (χ1v) is 13.9. The number of phenolic OH excluding ortho intramolecular Hbond substituents is 1. The molecule has 228 valence electrons. The molecule has 0 unspecified atom stereocenters. The number of aliphatic hydroxyl groups is 4. The van der Waals surface area contributed by atoms with Gasteiger partial charge in [-0.1, -0.05) is 43.3 Å². The molecule has 13 nitrogen and oxygen atoms in total. The van der Waals surface area contributed by atoms with Gasteiger partial charge in [-0.15, -0.1) is 0 Å². The van der Waals surface area contributed by atoms with E-state index in [0.717, 1.165) is 5.56 Å². The van der Waals surface area contributed by atoms with Gasteiger partial charge in [0.15, 0.2) is 11.4 Å². The van der Waals surface area contributed by atoms with Crippen molar-refractivity contribution in [1.29, 1.82) is 0 Å². The van der Waals surface area contributed by atoms with Crippen molar-refractivity contribution in [3.63, 3.8) is 0 Å². The molecular formula is C31H31N5O8. The average molecular weight is 602 g/mol. The van der Waals surface area contributed by atoms with Gasteiger partial charge in [0.05, 0.1) is 41.2 Å². The number of anilines is 2. The number of carbonyl (C=O) groups is 3. The Morgan fingerprint density at radius 2 is 1.77 bits per heavy atom. The normalized spacial score (nSPS) is 28.1. The molecule has 1 aromatic heterocycles. The number of H-pyrrole nitrogens is 1. The van der Waals surface area contributed by atoms with Crippen molar-refractivity contribution in [1.82, 2.24) is 14.9 Å². The second-order valence-electron chi connectivity index (χ2n) is 11.6. The predicted octanol–water partition coefficient (Wildman–Crippen LogP) is 1.63. The Labute approximate surface area is 251 Å². The molecule has 0 radical (unpaired) electrons. The lowest BCUT2D eigenvalue weighted by Crippen LogP contribution is -2.70. The maximum Gasteiger partial charge on any atom is 0.255 e. The third-order valence-corrected chi connectivity index (χ3v) is 9.04. The lowest BCUT2D eigenvalue weighted by Gasteiger charge is -2.53. The number of imidazole rings is 1. The van der Waals surface area contributed by atoms with Crippen molar-refractivity contribution in [2.45, 2.75) is 30.6 Å². The van der Waals surface area contributed by atoms with Gasteiger partial charge in [-0.3, -0.25) is 19.3 Å². The Kier molecular flexibility index (Phi) is 6.65. The van der Waals surface area contributed by atoms with Crippen molar-refractivity contribution in [2.75, 3.05) is 19.4 Å². The topological polar surface area (TPSA) is 222 Å². The van der Waals surface area contributed by atoms with Crippen LogP contribution in [0.5, 0.6) is 5.75 Å². The zero-order valence-corrected chi connectivity index (χ0v) is 23.9. The minimum Gasteiger partial charge on any atom is -0.508 e. The molecule has 1 saturated carbocycles. The SMILES string of the molecule is C[C@@H]1c2ccc(Nc3ncc(-c4ccccc4)[nH]3)c(O)c2C(O)=C2C(=O)[C@@]3(O)C(O)=C(C(N)=O)C(=O)[C@H](N(C)C)[C@H]3[C@@H](O)[C@@H]21. The van der Waals surface area contributed by atoms with Gasteiger partial charge in [0.1, 0.15) is 22.8 Å². The Bertz CT molecular complexity index is 1800. The monoisotopic (exact) mass is 601 g/mol. The smallest absolute Gasteiger partial charge is 0.255 e. The van der Waals surface area contributed by atoms with Crippen LogP contribution in [0.25, 0.3) is 17.0 Å². The molecule has 3 aliphatic rings. The van der Waals surface area contributed by atoms with Crippen LogP contribution in [0.15, 0.2) is 65.6 Å². The van der Waals surface area contributed by atoms with E-state index >= 15 is 0 Å². The molecule has 0 spiro atoms. The molecule has 1 heterocycles. The van der Waals surface area contributed by atoms with Gasteiger partial charge >= 0.3 is 0 Å². The highest BCUT2D eigenvalue weighted by atomic mass is 16.4. The minimum absolute atomic E-state index is 0.124. The molecule has 13 heteroatoms. The lowest BCUT2D eigenvalue weighted by atomic mass is 9.54. The summed E-state index contributed by atoms with van der Waals surface area (Å²) >= 11 is 0. The van der Waals surface area contributed by atoms with Crippen molar-refractivity contribution < 1.29 is 39.9 Å². The summed E-state index contributed by atoms with van der Waals surface area (Å²) in [5.74, 6) is -9.18. The number of phenols is 1. The molecule has 1 fully saturated rings. The van der Waals surface area contributed by atoms with Gasteiger partial charge in [-0.25, -0.2) is 4.98 Å². The van der Waals surface area contributed by atoms with Crippen LogP contribution in [0.1, 0.15) is 24.0 Å². The lowest BCUT2D eigenvalue weighted by molar-refractivity contribution is -0.169. The van der Waals surface area contributed by atoms with E-state index in [9.17, 15) is 39.9 Å². The number of ketones is 2. The van der Waals surface area contributed by atoms with E-state index in [4.69, 9.17) is 5.73 Å². The summed E-state index contributed by atoms with van der Waals surface area (Å²) in [4.78, 5) is 48.3. The number of nitrogens with two attached hydrogens (primary N) is 1. The largest absolute Gasteiger partial charge is 0.508 e. The number of aromatic amines is 1. The summed E-state index contributed by atoms with van der Waals surface area (Å²) in [6.07, 6.45) is -0.0558. The molecule has 0 aliphatic heterocycles. The molecule has 6 atom stereocenters. The van der Waals surface area contributed by atoms with Crippen molar-refractivity contribution >= 4 is 34.9 Å². The fraction of sp³-hybridized carbons (Fsp3) is 0.290. The number of hydrogen-bond acceptors (Lipinski definition) is 11. The molecule has 9 N–H and O–H groups in total. The number of amides is 1. The highest BCUT2D eigenvalue weighted by molar-refractivity contribution is 6.24. The number of rotatable bonds is 5. The third-order valence-electron chi connectivity index (χ3n) is 9.04. The quantitative estimate of drug-likeness (QED) is 0.155. The van der Waals surface area contributed by atoms with Crippen LogP contribution in [-0.4, -0.2) is 89.7 Å². The van der Waals surface area contributed by atoms with E-state index in [0.29, 0.717) is 11.3 Å². The van der Waals surface area contributed by atoms with Crippen LogP contribution in [0, 0.1) is 11.8 Å². The first kappa shape index (κ1) is 29.1. The Hall–Kier alpha value is -4.98. The molecule has 2 aromatic carbocycles. The standard InChI is InChI=1S/C31H31N5O8/c1-12-14-9-10-15(34-30-33-11-16(35-30)13-7-5-4-6-8-13)23(37)18(14)24(38)19-17(12)25(39)21-22(36(2)3)26(40)20(29(32)43)28(42)31(21,44)27(19)41/h4-12,17,21-22,25,37-39,42,44H,1-3H3,(H2,32,43)(H2,33,34,35)/t12-,17-,21+,22-,25+,31-/m1/s1. The second kappa shape index (κ2) is 10.0. The number of aliphatic hydroxyl groups excluding tert-OH is 3. The molecule has 0 bridgehead atoms. The van der Waals surface area contributed by atoms with Crippen LogP contribution in [0.3, 0.4) is 0 Å². The van der Waals surface area contributed by atoms with Gasteiger partial charge in [0.2, 0.25) is 11.7 Å². The van der Waals surface area contributed by atoms with Crippen LogP contribution < -0.4 is 11.1 Å². The Morgan fingerprint density at radius 3 is 2.41 bits per heavy atom. The number of fused-ring (bicyclic) bond motifs is 3. The number of aromatic nitrogens is 2. The van der Waals surface area contributed by atoms with Crippen molar-refractivity contribution in [2.24, 2.45) is 17.6 Å². The Balaban J connectivity index is 1.47. The Morgan fingerprint density at radius 1 is 1.09 bits per heavy atom. The molecule has 3 aromatic rings. The van der Waals surface area contributed by atoms with Crippen LogP contribution in [-0.2, 0) is 14.4 Å². The zero-order chi connectivity index (χ0) is 31.8. The van der Waals surface area contributed by atoms with Gasteiger partial charge in [-0.05, 0) is 37.2 Å². The minimum atomic E-state index is -2.98. The zero-order valence-electron chi connectivity index (χ0n) is 23.9. The first-order chi connectivity index (χ1) is 20.8. The predicted molar refractivity (Wildman–Crippen MR) is 158 cm³/mol. The van der Waals surface area contributed by atoms with E-state index in [1.54, 1.807) is 25.3 Å². The summed E-state index contributed by atoms with van der Waals surface area (Å²) in [5, 5.41) is 60.4. The summed E-state index contributed by atoms with van der Waals surface area (Å²) in [6.45, 7) is 1.67. The van der Waals surface area contributed by atoms with E-state index in [-0.39, 0.29) is 17.2 Å². The molecule has 44 heavy (non-hydrogen) atoms. The number of likely N-dealkylation sites (N-methyl/N-ethyl adjacent to an activating group) is 1. The number of aromatic hydroxyl groups is 1. The van der Waals surface area contributed by atoms with E-state index in [1.165, 1.54) is 19.0 Å². The van der Waals surface area contributed by atoms with Gasteiger partial charge in [-0.2, -0.15) is 0 Å². The first-order valence-electron chi connectivity index (χ1n) is 13.9. The number of hydrogen-bond donors (Lipinski definition) is 8. The number of benzene rings is 2.